The summed E-state index contributed by atoms with van der Waals surface area (Å²) in [6.07, 6.45) is 0. The molecule has 0 bridgehead atoms. The van der Waals surface area contributed by atoms with E-state index in [0.717, 1.165) is 11.1 Å². The topological polar surface area (TPSA) is 75.6 Å². The van der Waals surface area contributed by atoms with Crippen molar-refractivity contribution in [2.75, 3.05) is 11.9 Å². The third-order valence-electron chi connectivity index (χ3n) is 3.39. The van der Waals surface area contributed by atoms with Gasteiger partial charge in [0.25, 0.3) is 5.91 Å². The zero-order valence-electron chi connectivity index (χ0n) is 12.7. The Labute approximate surface area is 138 Å². The molecule has 0 aliphatic carbocycles. The summed E-state index contributed by atoms with van der Waals surface area (Å²) in [6, 6.07) is 9.87. The van der Waals surface area contributed by atoms with Crippen LogP contribution in [0.15, 0.2) is 36.4 Å². The average molecular weight is 334 g/mol. The van der Waals surface area contributed by atoms with E-state index in [-0.39, 0.29) is 23.1 Å². The number of carbonyl (C=O) groups excluding carboxylic acids is 1. The third kappa shape index (κ3) is 4.23. The first-order valence-electron chi connectivity index (χ1n) is 6.90. The van der Waals surface area contributed by atoms with Crippen molar-refractivity contribution in [2.45, 2.75) is 13.8 Å². The number of amides is 1. The second-order valence-corrected chi connectivity index (χ2v) is 5.44. The van der Waals surface area contributed by atoms with Crippen molar-refractivity contribution in [2.24, 2.45) is 0 Å². The van der Waals surface area contributed by atoms with Crippen molar-refractivity contribution in [1.29, 1.82) is 0 Å². The summed E-state index contributed by atoms with van der Waals surface area (Å²) in [4.78, 5) is 22.9. The van der Waals surface area contributed by atoms with Crippen molar-refractivity contribution in [3.63, 3.8) is 0 Å². The van der Waals surface area contributed by atoms with Crippen LogP contribution < -0.4 is 10.1 Å². The first kappa shape index (κ1) is 16.8. The van der Waals surface area contributed by atoms with Crippen LogP contribution in [0.25, 0.3) is 0 Å². The molecule has 1 amide bonds. The second-order valence-electron chi connectivity index (χ2n) is 5.03. The standard InChI is InChI=1S/C17H16ClNO4/c1-10-4-3-5-15(11(10)2)23-9-16(20)19-12-6-7-14(18)13(8-12)17(21)22/h3-8H,9H2,1-2H3,(H,19,20)(H,21,22). The lowest BCUT2D eigenvalue weighted by Crippen LogP contribution is -2.20. The molecule has 0 fully saturated rings. The lowest BCUT2D eigenvalue weighted by atomic mass is 10.1. The molecule has 0 atom stereocenters. The van der Waals surface area contributed by atoms with Crippen LogP contribution in [0.2, 0.25) is 5.02 Å². The Morgan fingerprint density at radius 3 is 2.65 bits per heavy atom. The van der Waals surface area contributed by atoms with Gasteiger partial charge in [-0.05, 0) is 49.2 Å². The quantitative estimate of drug-likeness (QED) is 0.875. The largest absolute Gasteiger partial charge is 0.483 e. The molecule has 2 aromatic carbocycles. The highest BCUT2D eigenvalue weighted by Crippen LogP contribution is 2.22. The number of benzene rings is 2. The number of hydrogen-bond donors (Lipinski definition) is 2. The van der Waals surface area contributed by atoms with Crippen molar-refractivity contribution < 1.29 is 19.4 Å². The molecule has 6 heteroatoms. The van der Waals surface area contributed by atoms with E-state index < -0.39 is 5.97 Å². The van der Waals surface area contributed by atoms with Crippen LogP contribution >= 0.6 is 11.6 Å². The van der Waals surface area contributed by atoms with Crippen LogP contribution in [0, 0.1) is 13.8 Å². The average Bonchev–Trinajstić information content (AvgIpc) is 2.50. The molecule has 0 unspecified atom stereocenters. The van der Waals surface area contributed by atoms with E-state index >= 15 is 0 Å². The maximum Gasteiger partial charge on any atom is 0.337 e. The minimum Gasteiger partial charge on any atom is -0.483 e. The van der Waals surface area contributed by atoms with Gasteiger partial charge in [-0.25, -0.2) is 4.79 Å². The number of carboxylic acid groups (broad SMARTS) is 1. The Bertz CT molecular complexity index is 758. The lowest BCUT2D eigenvalue weighted by Gasteiger charge is -2.11. The monoisotopic (exact) mass is 333 g/mol. The number of carboxylic acids is 1. The Hall–Kier alpha value is -2.53. The normalized spacial score (nSPS) is 10.2. The molecule has 0 aliphatic heterocycles. The van der Waals surface area contributed by atoms with Gasteiger partial charge in [0.1, 0.15) is 5.75 Å². The molecule has 23 heavy (non-hydrogen) atoms. The van der Waals surface area contributed by atoms with E-state index in [9.17, 15) is 9.59 Å². The summed E-state index contributed by atoms with van der Waals surface area (Å²) >= 11 is 5.78. The zero-order valence-corrected chi connectivity index (χ0v) is 13.5. The third-order valence-corrected chi connectivity index (χ3v) is 3.72. The number of nitrogens with one attached hydrogen (secondary N) is 1. The fourth-order valence-electron chi connectivity index (χ4n) is 1.99. The van der Waals surface area contributed by atoms with Crippen LogP contribution in [0.1, 0.15) is 21.5 Å². The number of rotatable bonds is 5. The molecule has 2 N–H and O–H groups in total. The summed E-state index contributed by atoms with van der Waals surface area (Å²) in [5.41, 5.74) is 2.33. The molecule has 5 nitrogen and oxygen atoms in total. The molecule has 0 heterocycles. The molecule has 2 aromatic rings. The Balaban J connectivity index is 2.01. The number of carbonyl (C=O) groups is 2. The van der Waals surface area contributed by atoms with Crippen LogP contribution in [-0.4, -0.2) is 23.6 Å². The predicted octanol–water partition coefficient (Wildman–Crippen LogP) is 3.67. The van der Waals surface area contributed by atoms with Gasteiger partial charge in [0.2, 0.25) is 0 Å². The zero-order chi connectivity index (χ0) is 17.0. The van der Waals surface area contributed by atoms with E-state index in [4.69, 9.17) is 21.4 Å². The summed E-state index contributed by atoms with van der Waals surface area (Å²) in [5.74, 6) is -0.898. The Morgan fingerprint density at radius 2 is 1.96 bits per heavy atom. The van der Waals surface area contributed by atoms with Gasteiger partial charge in [-0.3, -0.25) is 4.79 Å². The summed E-state index contributed by atoms with van der Waals surface area (Å²) in [7, 11) is 0. The number of hydrogen-bond acceptors (Lipinski definition) is 3. The van der Waals surface area contributed by atoms with Crippen LogP contribution in [0.3, 0.4) is 0 Å². The van der Waals surface area contributed by atoms with Crippen molar-refractivity contribution >= 4 is 29.2 Å². The number of anilines is 1. The number of aryl methyl sites for hydroxylation is 1. The van der Waals surface area contributed by atoms with Gasteiger partial charge >= 0.3 is 5.97 Å². The first-order valence-corrected chi connectivity index (χ1v) is 7.28. The van der Waals surface area contributed by atoms with Gasteiger partial charge in [-0.2, -0.15) is 0 Å². The van der Waals surface area contributed by atoms with Gasteiger partial charge < -0.3 is 15.2 Å². The minimum absolute atomic E-state index is 0.0695. The molecular formula is C17H16ClNO4. The Kier molecular flexibility index (Phi) is 5.24. The predicted molar refractivity (Wildman–Crippen MR) is 88.5 cm³/mol. The van der Waals surface area contributed by atoms with Crippen LogP contribution in [0.4, 0.5) is 5.69 Å². The smallest absolute Gasteiger partial charge is 0.337 e. The molecule has 0 radical (unpaired) electrons. The van der Waals surface area contributed by atoms with E-state index in [1.807, 2.05) is 26.0 Å². The summed E-state index contributed by atoms with van der Waals surface area (Å²) in [6.45, 7) is 3.71. The van der Waals surface area contributed by atoms with Gasteiger partial charge in [-0.1, -0.05) is 23.7 Å². The van der Waals surface area contributed by atoms with Crippen LogP contribution in [0.5, 0.6) is 5.75 Å². The second kappa shape index (κ2) is 7.15. The first-order chi connectivity index (χ1) is 10.9. The maximum absolute atomic E-state index is 11.9. The molecule has 0 aromatic heterocycles. The summed E-state index contributed by atoms with van der Waals surface area (Å²) < 4.78 is 5.50. The van der Waals surface area contributed by atoms with Crippen LogP contribution in [-0.2, 0) is 4.79 Å². The summed E-state index contributed by atoms with van der Waals surface area (Å²) in [5, 5.41) is 11.7. The van der Waals surface area contributed by atoms with Gasteiger partial charge in [0, 0.05) is 5.69 Å². The number of aromatic carboxylic acids is 1. The lowest BCUT2D eigenvalue weighted by molar-refractivity contribution is -0.118. The number of halogens is 1. The van der Waals surface area contributed by atoms with Gasteiger partial charge in [0.05, 0.1) is 10.6 Å². The Morgan fingerprint density at radius 1 is 1.22 bits per heavy atom. The number of ether oxygens (including phenoxy) is 1. The molecular weight excluding hydrogens is 318 g/mol. The van der Waals surface area contributed by atoms with E-state index in [1.54, 1.807) is 6.07 Å². The fourth-order valence-corrected chi connectivity index (χ4v) is 2.19. The minimum atomic E-state index is -1.15. The fraction of sp³-hybridized carbons (Fsp3) is 0.176. The highest BCUT2D eigenvalue weighted by Gasteiger charge is 2.11. The van der Waals surface area contributed by atoms with E-state index in [1.165, 1.54) is 18.2 Å². The molecule has 2 rings (SSSR count). The molecule has 0 saturated heterocycles. The van der Waals surface area contributed by atoms with Crippen molar-refractivity contribution in [1.82, 2.24) is 0 Å². The molecule has 120 valence electrons. The van der Waals surface area contributed by atoms with E-state index in [2.05, 4.69) is 5.32 Å². The van der Waals surface area contributed by atoms with Gasteiger partial charge in [0.15, 0.2) is 6.61 Å². The molecule has 0 saturated carbocycles. The maximum atomic E-state index is 11.9. The van der Waals surface area contributed by atoms with Crippen molar-refractivity contribution in [3.8, 4) is 5.75 Å². The highest BCUT2D eigenvalue weighted by atomic mass is 35.5. The SMILES string of the molecule is Cc1cccc(OCC(=O)Nc2ccc(Cl)c(C(=O)O)c2)c1C. The van der Waals surface area contributed by atoms with E-state index in [0.29, 0.717) is 11.4 Å². The molecule has 0 aliphatic rings. The van der Waals surface area contributed by atoms with Crippen molar-refractivity contribution in [3.05, 3.63) is 58.1 Å². The molecule has 0 spiro atoms. The highest BCUT2D eigenvalue weighted by molar-refractivity contribution is 6.33. The van der Waals surface area contributed by atoms with Gasteiger partial charge in [-0.15, -0.1) is 0 Å².